The minimum Gasteiger partial charge on any atom is -0.493 e. The van der Waals surface area contributed by atoms with Crippen LogP contribution in [0, 0.1) is 5.92 Å². The van der Waals surface area contributed by atoms with E-state index in [2.05, 4.69) is 12.1 Å². The zero-order valence-electron chi connectivity index (χ0n) is 16.0. The molecular formula is C22H27NO4. The van der Waals surface area contributed by atoms with Crippen LogP contribution in [-0.4, -0.2) is 43.2 Å². The van der Waals surface area contributed by atoms with Crippen LogP contribution in [0.3, 0.4) is 0 Å². The smallest absolute Gasteiger partial charge is 0.227 e. The summed E-state index contributed by atoms with van der Waals surface area (Å²) in [7, 11) is 3.20. The van der Waals surface area contributed by atoms with Crippen molar-refractivity contribution in [1.82, 2.24) is 4.90 Å². The van der Waals surface area contributed by atoms with E-state index in [4.69, 9.17) is 14.6 Å². The van der Waals surface area contributed by atoms with Crippen LogP contribution in [0.2, 0.25) is 0 Å². The molecule has 1 amide bonds. The van der Waals surface area contributed by atoms with Crippen molar-refractivity contribution in [3.63, 3.8) is 0 Å². The van der Waals surface area contributed by atoms with Crippen LogP contribution in [0.5, 0.6) is 11.5 Å². The summed E-state index contributed by atoms with van der Waals surface area (Å²) in [6.45, 7) is 1.68. The van der Waals surface area contributed by atoms with E-state index in [1.807, 2.05) is 35.2 Å². The van der Waals surface area contributed by atoms with Gasteiger partial charge in [-0.25, -0.2) is 0 Å². The number of aliphatic hydroxyl groups excluding tert-OH is 1. The van der Waals surface area contributed by atoms with Gasteiger partial charge >= 0.3 is 0 Å². The third-order valence-corrected chi connectivity index (χ3v) is 5.17. The van der Waals surface area contributed by atoms with E-state index >= 15 is 0 Å². The third kappa shape index (κ3) is 4.80. The first-order valence-electron chi connectivity index (χ1n) is 9.30. The summed E-state index contributed by atoms with van der Waals surface area (Å²) in [6, 6.07) is 13.7. The fourth-order valence-corrected chi connectivity index (χ4v) is 3.62. The normalized spacial score (nSPS) is 16.4. The number of benzene rings is 2. The van der Waals surface area contributed by atoms with Crippen molar-refractivity contribution in [3.8, 4) is 11.5 Å². The lowest BCUT2D eigenvalue weighted by Crippen LogP contribution is -2.30. The van der Waals surface area contributed by atoms with Crippen LogP contribution in [0.4, 0.5) is 0 Å². The molecule has 5 heteroatoms. The highest BCUT2D eigenvalue weighted by Gasteiger charge is 2.26. The molecule has 1 fully saturated rings. The van der Waals surface area contributed by atoms with Gasteiger partial charge in [-0.15, -0.1) is 0 Å². The van der Waals surface area contributed by atoms with Crippen molar-refractivity contribution in [3.05, 3.63) is 59.2 Å². The number of nitrogens with zero attached hydrogens (tertiary/aromatic N) is 1. The van der Waals surface area contributed by atoms with Crippen LogP contribution in [0.25, 0.3) is 0 Å². The number of likely N-dealkylation sites (tertiary alicyclic amines) is 1. The Hall–Kier alpha value is -2.53. The van der Waals surface area contributed by atoms with Gasteiger partial charge in [0.15, 0.2) is 11.5 Å². The van der Waals surface area contributed by atoms with Crippen molar-refractivity contribution in [2.45, 2.75) is 25.9 Å². The van der Waals surface area contributed by atoms with Gasteiger partial charge in [0.1, 0.15) is 0 Å². The maximum atomic E-state index is 12.7. The highest BCUT2D eigenvalue weighted by molar-refractivity contribution is 5.79. The minimum absolute atomic E-state index is 0.0716. The predicted octanol–water partition coefficient (Wildman–Crippen LogP) is 2.83. The quantitative estimate of drug-likeness (QED) is 0.815. The molecule has 2 aromatic carbocycles. The Morgan fingerprint density at radius 2 is 1.70 bits per heavy atom. The number of hydrogen-bond acceptors (Lipinski definition) is 4. The van der Waals surface area contributed by atoms with E-state index in [1.54, 1.807) is 14.2 Å². The molecule has 0 unspecified atom stereocenters. The van der Waals surface area contributed by atoms with Crippen molar-refractivity contribution in [2.75, 3.05) is 27.3 Å². The lowest BCUT2D eigenvalue weighted by atomic mass is 9.98. The van der Waals surface area contributed by atoms with Crippen LogP contribution < -0.4 is 9.47 Å². The summed E-state index contributed by atoms with van der Waals surface area (Å²) in [4.78, 5) is 14.6. The van der Waals surface area contributed by atoms with E-state index in [0.29, 0.717) is 23.8 Å². The second kappa shape index (κ2) is 8.91. The molecule has 2 aromatic rings. The van der Waals surface area contributed by atoms with Crippen LogP contribution in [-0.2, 0) is 24.2 Å². The van der Waals surface area contributed by atoms with Gasteiger partial charge < -0.3 is 19.5 Å². The Kier molecular flexibility index (Phi) is 6.35. The molecule has 0 spiro atoms. The zero-order chi connectivity index (χ0) is 19.2. The number of ether oxygens (including phenoxy) is 2. The molecule has 1 heterocycles. The standard InChI is InChI=1S/C22H27NO4/c1-26-20-8-7-18(12-21(20)27-2)13-22(25)23-10-9-19(14-23)11-16-3-5-17(15-24)6-4-16/h3-8,12,19,24H,9-11,13-15H2,1-2H3/t19-/m1/s1. The summed E-state index contributed by atoms with van der Waals surface area (Å²) in [5.41, 5.74) is 3.11. The molecule has 144 valence electrons. The Bertz CT molecular complexity index is 772. The van der Waals surface area contributed by atoms with E-state index in [0.717, 1.165) is 37.1 Å². The molecular weight excluding hydrogens is 342 g/mol. The summed E-state index contributed by atoms with van der Waals surface area (Å²) in [6.07, 6.45) is 2.36. The first-order chi connectivity index (χ1) is 13.1. The van der Waals surface area contributed by atoms with Crippen LogP contribution in [0.15, 0.2) is 42.5 Å². The number of amides is 1. The first kappa shape index (κ1) is 19.2. The van der Waals surface area contributed by atoms with E-state index in [-0.39, 0.29) is 12.5 Å². The minimum atomic E-state index is 0.0716. The molecule has 5 nitrogen and oxygen atoms in total. The van der Waals surface area contributed by atoms with Gasteiger partial charge in [0.25, 0.3) is 0 Å². The first-order valence-corrected chi connectivity index (χ1v) is 9.30. The number of carbonyl (C=O) groups is 1. The SMILES string of the molecule is COc1ccc(CC(=O)N2CC[C@H](Cc3ccc(CO)cc3)C2)cc1OC. The van der Waals surface area contributed by atoms with E-state index < -0.39 is 0 Å². The van der Waals surface area contributed by atoms with Gasteiger partial charge in [0, 0.05) is 13.1 Å². The second-order valence-electron chi connectivity index (χ2n) is 7.04. The Balaban J connectivity index is 1.55. The summed E-state index contributed by atoms with van der Waals surface area (Å²) >= 11 is 0. The molecule has 1 saturated heterocycles. The van der Waals surface area contributed by atoms with Crippen molar-refractivity contribution in [2.24, 2.45) is 5.92 Å². The fourth-order valence-electron chi connectivity index (χ4n) is 3.62. The average Bonchev–Trinajstić information content (AvgIpc) is 3.17. The van der Waals surface area contributed by atoms with Gasteiger partial charge in [-0.2, -0.15) is 0 Å². The number of hydrogen-bond donors (Lipinski definition) is 1. The van der Waals surface area contributed by atoms with E-state index in [9.17, 15) is 4.79 Å². The molecule has 1 N–H and O–H groups in total. The fraction of sp³-hybridized carbons (Fsp3) is 0.409. The highest BCUT2D eigenvalue weighted by atomic mass is 16.5. The van der Waals surface area contributed by atoms with Gasteiger partial charge in [0.05, 0.1) is 27.2 Å². The maximum absolute atomic E-state index is 12.7. The average molecular weight is 369 g/mol. The highest BCUT2D eigenvalue weighted by Crippen LogP contribution is 2.28. The predicted molar refractivity (Wildman–Crippen MR) is 104 cm³/mol. The third-order valence-electron chi connectivity index (χ3n) is 5.17. The number of carbonyl (C=O) groups excluding carboxylic acids is 1. The van der Waals surface area contributed by atoms with Gasteiger partial charge in [0.2, 0.25) is 5.91 Å². The maximum Gasteiger partial charge on any atom is 0.227 e. The number of rotatable bonds is 7. The van der Waals surface area contributed by atoms with E-state index in [1.165, 1.54) is 5.56 Å². The van der Waals surface area contributed by atoms with Crippen LogP contribution in [0.1, 0.15) is 23.1 Å². The summed E-state index contributed by atoms with van der Waals surface area (Å²) in [5.74, 6) is 1.95. The second-order valence-corrected chi connectivity index (χ2v) is 7.04. The number of aliphatic hydroxyl groups is 1. The molecule has 27 heavy (non-hydrogen) atoms. The molecule has 0 bridgehead atoms. The Labute approximate surface area is 160 Å². The molecule has 3 rings (SSSR count). The molecule has 0 saturated carbocycles. The molecule has 1 atom stereocenters. The van der Waals surface area contributed by atoms with Crippen molar-refractivity contribution >= 4 is 5.91 Å². The molecule has 0 radical (unpaired) electrons. The Morgan fingerprint density at radius 3 is 2.37 bits per heavy atom. The molecule has 1 aliphatic rings. The number of methoxy groups -OCH3 is 2. The van der Waals surface area contributed by atoms with Gasteiger partial charge in [-0.3, -0.25) is 4.79 Å². The van der Waals surface area contributed by atoms with Gasteiger partial charge in [-0.1, -0.05) is 30.3 Å². The zero-order valence-corrected chi connectivity index (χ0v) is 16.0. The summed E-state index contributed by atoms with van der Waals surface area (Å²) in [5, 5.41) is 9.13. The lowest BCUT2D eigenvalue weighted by molar-refractivity contribution is -0.129. The van der Waals surface area contributed by atoms with Crippen molar-refractivity contribution < 1.29 is 19.4 Å². The lowest BCUT2D eigenvalue weighted by Gasteiger charge is -2.17. The molecule has 1 aliphatic heterocycles. The molecule has 0 aromatic heterocycles. The Morgan fingerprint density at radius 1 is 1.04 bits per heavy atom. The largest absolute Gasteiger partial charge is 0.493 e. The monoisotopic (exact) mass is 369 g/mol. The van der Waals surface area contributed by atoms with Crippen molar-refractivity contribution in [1.29, 1.82) is 0 Å². The topological polar surface area (TPSA) is 59.0 Å². The van der Waals surface area contributed by atoms with Gasteiger partial charge in [-0.05, 0) is 47.6 Å². The molecule has 0 aliphatic carbocycles. The summed E-state index contributed by atoms with van der Waals surface area (Å²) < 4.78 is 10.6. The van der Waals surface area contributed by atoms with Crippen LogP contribution >= 0.6 is 0 Å².